The van der Waals surface area contributed by atoms with Gasteiger partial charge in [-0.3, -0.25) is 4.57 Å². The van der Waals surface area contributed by atoms with Crippen LogP contribution in [0.1, 0.15) is 34.1 Å². The molecule has 0 heterocycles. The molecule has 0 radical (unpaired) electrons. The highest BCUT2D eigenvalue weighted by atomic mass is 31.2. The van der Waals surface area contributed by atoms with Gasteiger partial charge in [-0.1, -0.05) is 0 Å². The Hall–Kier alpha value is -0.910. The fourth-order valence-corrected chi connectivity index (χ4v) is 3.20. The van der Waals surface area contributed by atoms with Crippen molar-refractivity contribution in [1.82, 2.24) is 0 Å². The third-order valence-electron chi connectivity index (χ3n) is 2.37. The number of carbonyl (C=O) groups is 1. The topological polar surface area (TPSA) is 83.4 Å². The van der Waals surface area contributed by atoms with Gasteiger partial charge in [0.25, 0.3) is 0 Å². The molecule has 0 fully saturated rings. The summed E-state index contributed by atoms with van der Waals surface area (Å²) in [5.41, 5.74) is 0. The second-order valence-corrected chi connectivity index (χ2v) is 6.12. The van der Waals surface area contributed by atoms with Gasteiger partial charge in [-0.2, -0.15) is 0 Å². The number of rotatable bonds is 12. The number of carbonyl (C=O) groups excluding carboxylic acids is 1. The molecule has 0 spiro atoms. The fourth-order valence-electron chi connectivity index (χ4n) is 1.52. The molecule has 0 aliphatic heterocycles. The van der Waals surface area contributed by atoms with Gasteiger partial charge in [0, 0.05) is 0 Å². The molecule has 0 saturated carbocycles. The quantitative estimate of drug-likeness (QED) is 0.238. The molecular weight excluding hydrogens is 297 g/mol. The number of hydrogen-bond donors (Lipinski definition) is 0. The van der Waals surface area contributed by atoms with Crippen molar-refractivity contribution in [1.29, 1.82) is 0 Å². The Bertz CT molecular complexity index is 351. The van der Waals surface area contributed by atoms with Crippen molar-refractivity contribution in [3.63, 3.8) is 0 Å². The van der Waals surface area contributed by atoms with Crippen LogP contribution in [0, 0.1) is 0 Å². The minimum atomic E-state index is -3.19. The van der Waals surface area contributed by atoms with Crippen molar-refractivity contribution < 1.29 is 27.9 Å². The molecule has 0 unspecified atom stereocenters. The van der Waals surface area contributed by atoms with E-state index in [1.54, 1.807) is 20.8 Å². The molecule has 0 aliphatic rings. The lowest BCUT2D eigenvalue weighted by atomic mass is 10.2. The van der Waals surface area contributed by atoms with E-state index < -0.39 is 19.6 Å². The summed E-state index contributed by atoms with van der Waals surface area (Å²) in [7, 11) is -3.19. The van der Waals surface area contributed by atoms with Crippen LogP contribution >= 0.6 is 7.60 Å². The molecule has 1 atom stereocenters. The highest BCUT2D eigenvalue weighted by Crippen LogP contribution is 2.48. The van der Waals surface area contributed by atoms with Gasteiger partial charge in [0.2, 0.25) is 0 Å². The SMILES string of the molecule is CCOC=N[C@@H](CCP(=O)(OCC)OCC)C(=O)OCC. The van der Waals surface area contributed by atoms with E-state index in [0.717, 1.165) is 0 Å². The Morgan fingerprint density at radius 1 is 1.10 bits per heavy atom. The summed E-state index contributed by atoms with van der Waals surface area (Å²) >= 11 is 0. The van der Waals surface area contributed by atoms with E-state index in [0.29, 0.717) is 6.61 Å². The molecule has 21 heavy (non-hydrogen) atoms. The summed E-state index contributed by atoms with van der Waals surface area (Å²) in [6.45, 7) is 8.27. The van der Waals surface area contributed by atoms with E-state index in [4.69, 9.17) is 18.5 Å². The zero-order chi connectivity index (χ0) is 16.1. The third-order valence-corrected chi connectivity index (χ3v) is 4.48. The minimum absolute atomic E-state index is 0.0988. The second-order valence-electron chi connectivity index (χ2n) is 3.94. The lowest BCUT2D eigenvalue weighted by Crippen LogP contribution is -2.23. The first-order chi connectivity index (χ1) is 10.0. The number of hydrogen-bond acceptors (Lipinski definition) is 7. The van der Waals surface area contributed by atoms with Crippen molar-refractivity contribution in [2.45, 2.75) is 40.2 Å². The Balaban J connectivity index is 4.70. The number of aliphatic imine (C=N–C) groups is 1. The largest absolute Gasteiger partial charge is 0.484 e. The smallest absolute Gasteiger partial charge is 0.330 e. The Morgan fingerprint density at radius 3 is 2.19 bits per heavy atom. The zero-order valence-electron chi connectivity index (χ0n) is 13.2. The molecule has 8 heteroatoms. The first kappa shape index (κ1) is 20.1. The molecule has 0 aliphatic carbocycles. The summed E-state index contributed by atoms with van der Waals surface area (Å²) in [5.74, 6) is -0.479. The third kappa shape index (κ3) is 8.86. The fraction of sp³-hybridized carbons (Fsp3) is 0.846. The number of nitrogens with zero attached hydrogens (tertiary/aromatic N) is 1. The lowest BCUT2D eigenvalue weighted by Gasteiger charge is -2.18. The van der Waals surface area contributed by atoms with Crippen molar-refractivity contribution in [3.8, 4) is 0 Å². The summed E-state index contributed by atoms with van der Waals surface area (Å²) in [6, 6.07) is -0.772. The van der Waals surface area contributed by atoms with E-state index in [1.165, 1.54) is 6.40 Å². The monoisotopic (exact) mass is 323 g/mol. The van der Waals surface area contributed by atoms with Gasteiger partial charge in [-0.05, 0) is 34.1 Å². The highest BCUT2D eigenvalue weighted by Gasteiger charge is 2.28. The molecule has 124 valence electrons. The van der Waals surface area contributed by atoms with E-state index in [-0.39, 0.29) is 32.4 Å². The van der Waals surface area contributed by atoms with Crippen LogP contribution in [0.5, 0.6) is 0 Å². The second kappa shape index (κ2) is 11.7. The summed E-state index contributed by atoms with van der Waals surface area (Å²) in [5, 5.41) is 0. The van der Waals surface area contributed by atoms with Crippen molar-refractivity contribution >= 4 is 20.0 Å². The van der Waals surface area contributed by atoms with Crippen molar-refractivity contribution in [2.24, 2.45) is 4.99 Å². The summed E-state index contributed by atoms with van der Waals surface area (Å²) < 4.78 is 32.6. The number of esters is 1. The van der Waals surface area contributed by atoms with E-state index in [2.05, 4.69) is 4.99 Å². The molecule has 0 aromatic carbocycles. The Morgan fingerprint density at radius 2 is 1.71 bits per heavy atom. The van der Waals surface area contributed by atoms with Gasteiger partial charge in [0.15, 0.2) is 12.4 Å². The van der Waals surface area contributed by atoms with Crippen molar-refractivity contribution in [3.05, 3.63) is 0 Å². The first-order valence-corrected chi connectivity index (χ1v) is 8.93. The molecule has 0 rings (SSSR count). The summed E-state index contributed by atoms with van der Waals surface area (Å²) in [4.78, 5) is 15.8. The van der Waals surface area contributed by atoms with Crippen LogP contribution in [0.15, 0.2) is 4.99 Å². The maximum atomic E-state index is 12.3. The van der Waals surface area contributed by atoms with Crippen LogP contribution in [0.4, 0.5) is 0 Å². The van der Waals surface area contributed by atoms with E-state index in [9.17, 15) is 9.36 Å². The van der Waals surface area contributed by atoms with Crippen LogP contribution in [0.3, 0.4) is 0 Å². The molecule has 0 aromatic heterocycles. The molecule has 0 bridgehead atoms. The minimum Gasteiger partial charge on any atom is -0.484 e. The van der Waals surface area contributed by atoms with Gasteiger partial charge >= 0.3 is 13.6 Å². The van der Waals surface area contributed by atoms with Crippen LogP contribution < -0.4 is 0 Å². The molecule has 0 aromatic rings. The highest BCUT2D eigenvalue weighted by molar-refractivity contribution is 7.53. The van der Waals surface area contributed by atoms with Crippen LogP contribution in [-0.2, 0) is 27.9 Å². The zero-order valence-corrected chi connectivity index (χ0v) is 14.1. The molecule has 7 nitrogen and oxygen atoms in total. The number of ether oxygens (including phenoxy) is 2. The normalized spacial score (nSPS) is 13.3. The maximum absolute atomic E-state index is 12.3. The average Bonchev–Trinajstić information content (AvgIpc) is 2.43. The molecule has 0 amide bonds. The van der Waals surface area contributed by atoms with E-state index in [1.807, 2.05) is 6.92 Å². The molecular formula is C13H26NO6P. The van der Waals surface area contributed by atoms with E-state index >= 15 is 0 Å². The van der Waals surface area contributed by atoms with Gasteiger partial charge in [-0.15, -0.1) is 0 Å². The lowest BCUT2D eigenvalue weighted by molar-refractivity contribution is -0.144. The van der Waals surface area contributed by atoms with Gasteiger partial charge in [-0.25, -0.2) is 9.79 Å². The standard InChI is InChI=1S/C13H26NO6P/c1-5-17-11-14-12(13(15)18-6-2)9-10-21(16,19-7-3)20-8-4/h11-12H,5-10H2,1-4H3/t12-/m0/s1. The Labute approximate surface area is 126 Å². The van der Waals surface area contributed by atoms with Gasteiger partial charge in [0.1, 0.15) is 0 Å². The molecule has 0 N–H and O–H groups in total. The van der Waals surface area contributed by atoms with Crippen LogP contribution in [-0.4, -0.2) is 51.0 Å². The van der Waals surface area contributed by atoms with Gasteiger partial charge < -0.3 is 18.5 Å². The van der Waals surface area contributed by atoms with Crippen LogP contribution in [0.25, 0.3) is 0 Å². The maximum Gasteiger partial charge on any atom is 0.330 e. The predicted octanol–water partition coefficient (Wildman–Crippen LogP) is 2.64. The predicted molar refractivity (Wildman–Crippen MR) is 80.9 cm³/mol. The van der Waals surface area contributed by atoms with Crippen LogP contribution in [0.2, 0.25) is 0 Å². The molecule has 0 saturated heterocycles. The van der Waals surface area contributed by atoms with Gasteiger partial charge in [0.05, 0.1) is 32.6 Å². The summed E-state index contributed by atoms with van der Waals surface area (Å²) in [6.07, 6.45) is 1.52. The first-order valence-electron chi connectivity index (χ1n) is 7.20. The average molecular weight is 323 g/mol. The van der Waals surface area contributed by atoms with Crippen molar-refractivity contribution in [2.75, 3.05) is 32.6 Å². The Kier molecular flexibility index (Phi) is 11.2.